The van der Waals surface area contributed by atoms with Crippen molar-refractivity contribution >= 4 is 24.0 Å². The lowest BCUT2D eigenvalue weighted by Gasteiger charge is -2.19. The molecule has 112 valence electrons. The maximum absolute atomic E-state index is 12.2. The van der Waals surface area contributed by atoms with E-state index in [0.29, 0.717) is 12.0 Å². The van der Waals surface area contributed by atoms with Gasteiger partial charge in [0.25, 0.3) is 0 Å². The van der Waals surface area contributed by atoms with E-state index < -0.39 is 0 Å². The van der Waals surface area contributed by atoms with Crippen molar-refractivity contribution in [3.63, 3.8) is 0 Å². The third-order valence-corrected chi connectivity index (χ3v) is 3.63. The number of hydrogen-bond donors (Lipinski definition) is 2. The zero-order chi connectivity index (χ0) is 14.0. The number of benzene rings is 1. The van der Waals surface area contributed by atoms with Crippen LogP contribution in [0.3, 0.4) is 0 Å². The van der Waals surface area contributed by atoms with E-state index in [9.17, 15) is 4.79 Å². The summed E-state index contributed by atoms with van der Waals surface area (Å²) in [6.07, 6.45) is 2.39. The summed E-state index contributed by atoms with van der Waals surface area (Å²) in [6.45, 7) is 8.27. The summed E-state index contributed by atoms with van der Waals surface area (Å²) < 4.78 is 0. The number of para-hydroxylation sites is 1. The zero-order valence-electron chi connectivity index (χ0n) is 12.7. The van der Waals surface area contributed by atoms with E-state index in [2.05, 4.69) is 30.5 Å². The summed E-state index contributed by atoms with van der Waals surface area (Å²) in [4.78, 5) is 12.2. The Bertz CT molecular complexity index is 470. The van der Waals surface area contributed by atoms with E-state index in [-0.39, 0.29) is 24.4 Å². The molecule has 1 aliphatic carbocycles. The van der Waals surface area contributed by atoms with Gasteiger partial charge < -0.3 is 10.6 Å². The Hall–Kier alpha value is -1.06. The van der Waals surface area contributed by atoms with E-state index in [0.717, 1.165) is 11.3 Å². The molecule has 2 rings (SSSR count). The molecule has 0 bridgehead atoms. The van der Waals surface area contributed by atoms with Crippen LogP contribution in [-0.2, 0) is 4.79 Å². The number of nitrogens with one attached hydrogen (secondary N) is 2. The first-order valence-electron chi connectivity index (χ1n) is 7.15. The van der Waals surface area contributed by atoms with Crippen molar-refractivity contribution in [1.82, 2.24) is 5.32 Å². The van der Waals surface area contributed by atoms with Crippen LogP contribution >= 0.6 is 12.4 Å². The number of carbonyl (C=O) groups excluding carboxylic acids is 1. The van der Waals surface area contributed by atoms with Crippen LogP contribution in [0, 0.1) is 6.92 Å². The smallest absolute Gasteiger partial charge is 0.241 e. The molecule has 20 heavy (non-hydrogen) atoms. The van der Waals surface area contributed by atoms with Crippen molar-refractivity contribution in [1.29, 1.82) is 0 Å². The first kappa shape index (κ1) is 17.0. The van der Waals surface area contributed by atoms with Gasteiger partial charge >= 0.3 is 0 Å². The van der Waals surface area contributed by atoms with Crippen LogP contribution in [-0.4, -0.2) is 18.0 Å². The summed E-state index contributed by atoms with van der Waals surface area (Å²) >= 11 is 0. The van der Waals surface area contributed by atoms with Crippen LogP contribution in [0.5, 0.6) is 0 Å². The average Bonchev–Trinajstić information content (AvgIpc) is 3.15. The molecule has 1 unspecified atom stereocenters. The SMILES string of the molecule is Cc1cccc(C(C)C)c1NC(=O)C(C)NC1CC1.Cl. The number of amides is 1. The zero-order valence-corrected chi connectivity index (χ0v) is 13.5. The van der Waals surface area contributed by atoms with Crippen LogP contribution in [0.25, 0.3) is 0 Å². The average molecular weight is 297 g/mol. The quantitative estimate of drug-likeness (QED) is 0.871. The molecule has 3 nitrogen and oxygen atoms in total. The minimum atomic E-state index is -0.132. The molecule has 0 spiro atoms. The number of hydrogen-bond acceptors (Lipinski definition) is 2. The third kappa shape index (κ3) is 4.22. The summed E-state index contributed by atoms with van der Waals surface area (Å²) in [6, 6.07) is 6.59. The molecule has 1 aromatic rings. The van der Waals surface area contributed by atoms with Crippen LogP contribution in [0.15, 0.2) is 18.2 Å². The molecular weight excluding hydrogens is 272 g/mol. The lowest BCUT2D eigenvalue weighted by Crippen LogP contribution is -2.39. The Morgan fingerprint density at radius 2 is 1.90 bits per heavy atom. The van der Waals surface area contributed by atoms with Gasteiger partial charge in [-0.1, -0.05) is 32.0 Å². The highest BCUT2D eigenvalue weighted by atomic mass is 35.5. The standard InChI is InChI=1S/C16H24N2O.ClH/c1-10(2)14-7-5-6-11(3)15(14)18-16(19)12(4)17-13-8-9-13;/h5-7,10,12-13,17H,8-9H2,1-4H3,(H,18,19);1H. The second kappa shape index (κ2) is 7.09. The Morgan fingerprint density at radius 3 is 2.45 bits per heavy atom. The van der Waals surface area contributed by atoms with Gasteiger partial charge in [-0.25, -0.2) is 0 Å². The Morgan fingerprint density at radius 1 is 1.25 bits per heavy atom. The Labute approximate surface area is 127 Å². The van der Waals surface area contributed by atoms with Gasteiger partial charge in [-0.3, -0.25) is 4.79 Å². The molecule has 1 aliphatic rings. The van der Waals surface area contributed by atoms with Crippen LogP contribution in [0.2, 0.25) is 0 Å². The van der Waals surface area contributed by atoms with Crippen LogP contribution in [0.4, 0.5) is 5.69 Å². The molecule has 2 N–H and O–H groups in total. The Balaban J connectivity index is 0.00000200. The number of rotatable bonds is 5. The second-order valence-corrected chi connectivity index (χ2v) is 5.85. The van der Waals surface area contributed by atoms with Gasteiger partial charge in [0.1, 0.15) is 0 Å². The lowest BCUT2D eigenvalue weighted by atomic mass is 9.98. The first-order valence-corrected chi connectivity index (χ1v) is 7.15. The molecule has 4 heteroatoms. The summed E-state index contributed by atoms with van der Waals surface area (Å²) in [7, 11) is 0. The van der Waals surface area contributed by atoms with E-state index >= 15 is 0 Å². The van der Waals surface area contributed by atoms with Gasteiger partial charge in [-0.15, -0.1) is 12.4 Å². The number of halogens is 1. The van der Waals surface area contributed by atoms with Gasteiger partial charge in [-0.2, -0.15) is 0 Å². The normalized spacial score (nSPS) is 15.7. The molecule has 0 saturated heterocycles. The second-order valence-electron chi connectivity index (χ2n) is 5.85. The lowest BCUT2D eigenvalue weighted by molar-refractivity contribution is -0.117. The molecule has 0 heterocycles. The monoisotopic (exact) mass is 296 g/mol. The fourth-order valence-electron chi connectivity index (χ4n) is 2.25. The maximum atomic E-state index is 12.2. The molecule has 1 atom stereocenters. The highest BCUT2D eigenvalue weighted by molar-refractivity contribution is 5.96. The van der Waals surface area contributed by atoms with E-state index in [1.165, 1.54) is 18.4 Å². The van der Waals surface area contributed by atoms with Gasteiger partial charge in [0.05, 0.1) is 6.04 Å². The molecule has 0 aliphatic heterocycles. The highest BCUT2D eigenvalue weighted by Gasteiger charge is 2.26. The fourth-order valence-corrected chi connectivity index (χ4v) is 2.25. The fraction of sp³-hybridized carbons (Fsp3) is 0.562. The number of carbonyl (C=O) groups is 1. The van der Waals surface area contributed by atoms with Gasteiger partial charge in [0.15, 0.2) is 0 Å². The highest BCUT2D eigenvalue weighted by Crippen LogP contribution is 2.27. The molecule has 1 saturated carbocycles. The summed E-state index contributed by atoms with van der Waals surface area (Å²) in [5, 5.41) is 6.42. The molecule has 1 aromatic carbocycles. The van der Waals surface area contributed by atoms with E-state index in [4.69, 9.17) is 0 Å². The molecule has 0 aromatic heterocycles. The number of aryl methyl sites for hydroxylation is 1. The minimum Gasteiger partial charge on any atom is -0.324 e. The summed E-state index contributed by atoms with van der Waals surface area (Å²) in [5.41, 5.74) is 3.30. The van der Waals surface area contributed by atoms with Gasteiger partial charge in [0.2, 0.25) is 5.91 Å². The van der Waals surface area contributed by atoms with E-state index in [1.54, 1.807) is 0 Å². The van der Waals surface area contributed by atoms with Crippen molar-refractivity contribution in [3.05, 3.63) is 29.3 Å². The topological polar surface area (TPSA) is 41.1 Å². The molecule has 0 radical (unpaired) electrons. The maximum Gasteiger partial charge on any atom is 0.241 e. The van der Waals surface area contributed by atoms with Gasteiger partial charge in [-0.05, 0) is 43.7 Å². The van der Waals surface area contributed by atoms with Crippen molar-refractivity contribution < 1.29 is 4.79 Å². The molecule has 1 amide bonds. The van der Waals surface area contributed by atoms with E-state index in [1.807, 2.05) is 26.0 Å². The minimum absolute atomic E-state index is 0. The first-order chi connectivity index (χ1) is 8.99. The predicted octanol–water partition coefficient (Wildman–Crippen LogP) is 3.62. The number of anilines is 1. The molecule has 1 fully saturated rings. The van der Waals surface area contributed by atoms with Crippen LogP contribution < -0.4 is 10.6 Å². The largest absolute Gasteiger partial charge is 0.324 e. The Kier molecular flexibility index (Phi) is 6.03. The van der Waals surface area contributed by atoms with Crippen molar-refractivity contribution in [3.8, 4) is 0 Å². The molecular formula is C16H25ClN2O. The summed E-state index contributed by atoms with van der Waals surface area (Å²) in [5.74, 6) is 0.463. The van der Waals surface area contributed by atoms with Crippen molar-refractivity contribution in [2.75, 3.05) is 5.32 Å². The van der Waals surface area contributed by atoms with Crippen molar-refractivity contribution in [2.45, 2.75) is 58.5 Å². The van der Waals surface area contributed by atoms with Gasteiger partial charge in [0, 0.05) is 11.7 Å². The van der Waals surface area contributed by atoms with Crippen LogP contribution in [0.1, 0.15) is 50.7 Å². The third-order valence-electron chi connectivity index (χ3n) is 3.63. The van der Waals surface area contributed by atoms with Crippen molar-refractivity contribution in [2.24, 2.45) is 0 Å². The predicted molar refractivity (Wildman–Crippen MR) is 86.8 cm³/mol.